The zero-order valence-electron chi connectivity index (χ0n) is 10.2. The number of carboxylic acid groups (broad SMARTS) is 2. The van der Waals surface area contributed by atoms with E-state index in [2.05, 4.69) is 8.83 Å². The average molecular weight is 408 g/mol. The molecule has 0 aliphatic carbocycles. The fourth-order valence-corrected chi connectivity index (χ4v) is 2.55. The topological polar surface area (TPSA) is 225 Å². The van der Waals surface area contributed by atoms with Gasteiger partial charge in [-0.1, -0.05) is 0 Å². The van der Waals surface area contributed by atoms with Crippen LogP contribution in [-0.2, 0) is 49.4 Å². The van der Waals surface area contributed by atoms with Crippen molar-refractivity contribution in [1.82, 2.24) is 0 Å². The quantitative estimate of drug-likeness (QED) is 0.197. The Labute approximate surface area is 132 Å². The van der Waals surface area contributed by atoms with E-state index in [1.165, 1.54) is 0 Å². The Morgan fingerprint density at radius 3 is 1.77 bits per heavy atom. The molecule has 0 radical (unpaired) electrons. The molecule has 0 fully saturated rings. The van der Waals surface area contributed by atoms with Gasteiger partial charge in [0.05, 0.1) is 12.8 Å². The minimum atomic E-state index is -5.58. The molecule has 6 N–H and O–H groups in total. The van der Waals surface area contributed by atoms with Gasteiger partial charge in [-0.3, -0.25) is 14.5 Å². The van der Waals surface area contributed by atoms with E-state index >= 15 is 0 Å². The van der Waals surface area contributed by atoms with Gasteiger partial charge in [-0.05, 0) is 0 Å². The number of carboxylic acids is 2. The first-order valence-electron chi connectivity index (χ1n) is 4.66. The Morgan fingerprint density at radius 1 is 1.00 bits per heavy atom. The number of rotatable bonds is 8. The van der Waals surface area contributed by atoms with E-state index in [0.29, 0.717) is 0 Å². The molecule has 0 saturated carbocycles. The van der Waals surface area contributed by atoms with Crippen molar-refractivity contribution in [2.24, 2.45) is 0 Å². The van der Waals surface area contributed by atoms with Gasteiger partial charge >= 0.3 is 33.6 Å². The van der Waals surface area contributed by atoms with Gasteiger partial charge in [-0.15, -0.1) is 0 Å². The maximum absolute atomic E-state index is 11.1. The number of aliphatic carboxylic acids is 2. The molecule has 0 aliphatic heterocycles. The van der Waals surface area contributed by atoms with Crippen LogP contribution in [0.4, 0.5) is 0 Å². The Morgan fingerprint density at radius 2 is 1.45 bits per heavy atom. The minimum absolute atomic E-state index is 0. The monoisotopic (exact) mass is 408 g/mol. The number of aliphatic hydroxyl groups is 1. The summed E-state index contributed by atoms with van der Waals surface area (Å²) in [6, 6.07) is 0. The van der Waals surface area contributed by atoms with Gasteiger partial charge in [0.25, 0.3) is 0 Å². The predicted octanol–water partition coefficient (Wildman–Crippen LogP) is -1.58. The molecule has 0 aliphatic rings. The van der Waals surface area contributed by atoms with Crippen LogP contribution in [0.15, 0.2) is 0 Å². The van der Waals surface area contributed by atoms with Crippen LogP contribution in [0, 0.1) is 0 Å². The Hall–Kier alpha value is -0.811. The second-order valence-corrected chi connectivity index (χ2v) is 6.34. The SMILES string of the molecule is O=C(O)CC(O)(CC(=O)OP(=O)(O)OP(=O)(O)O)C(=O)O.[Fe]. The third-order valence-corrected chi connectivity index (χ3v) is 3.82. The van der Waals surface area contributed by atoms with Gasteiger partial charge in [0.2, 0.25) is 0 Å². The summed E-state index contributed by atoms with van der Waals surface area (Å²) in [6.45, 7) is 0. The molecule has 0 aromatic heterocycles. The van der Waals surface area contributed by atoms with Crippen LogP contribution in [-0.4, -0.2) is 53.5 Å². The van der Waals surface area contributed by atoms with Crippen molar-refractivity contribution < 1.29 is 79.4 Å². The third-order valence-electron chi connectivity index (χ3n) is 1.71. The molecule has 2 atom stereocenters. The number of phosphoric ester groups is 1. The van der Waals surface area contributed by atoms with Crippen molar-refractivity contribution in [3.05, 3.63) is 0 Å². The molecule has 13 nitrogen and oxygen atoms in total. The van der Waals surface area contributed by atoms with Crippen LogP contribution in [0.2, 0.25) is 0 Å². The number of carbonyl (C=O) groups excluding carboxylic acids is 1. The molecule has 16 heteroatoms. The van der Waals surface area contributed by atoms with Crippen LogP contribution in [0.1, 0.15) is 12.8 Å². The van der Waals surface area contributed by atoms with E-state index in [1.54, 1.807) is 0 Å². The molecule has 0 spiro atoms. The van der Waals surface area contributed by atoms with Gasteiger partial charge in [-0.2, -0.15) is 4.31 Å². The summed E-state index contributed by atoms with van der Waals surface area (Å²) in [4.78, 5) is 57.5. The Balaban J connectivity index is 0. The first kappa shape index (κ1) is 23.5. The van der Waals surface area contributed by atoms with Gasteiger partial charge in [0.1, 0.15) is 0 Å². The second-order valence-electron chi connectivity index (χ2n) is 3.59. The standard InChI is InChI=1S/C6H10O13P2.Fe/c7-3(8)1-6(12,5(10)11)2-4(9)18-21(16,17)19-20(13,14)15;/h12H,1-2H2,(H,7,8)(H,10,11)(H,16,17)(H2,13,14,15);. The maximum Gasteiger partial charge on any atom is 0.538 e. The summed E-state index contributed by atoms with van der Waals surface area (Å²) in [7, 11) is -11.1. The zero-order chi connectivity index (χ0) is 17.1. The molecule has 0 bridgehead atoms. The normalized spacial score (nSPS) is 16.5. The van der Waals surface area contributed by atoms with Gasteiger partial charge in [0, 0.05) is 17.1 Å². The molecule has 0 rings (SSSR count). The third kappa shape index (κ3) is 9.26. The molecule has 130 valence electrons. The van der Waals surface area contributed by atoms with E-state index in [4.69, 9.17) is 24.9 Å². The van der Waals surface area contributed by atoms with Crippen molar-refractivity contribution in [2.75, 3.05) is 0 Å². The molecular weight excluding hydrogens is 398 g/mol. The molecule has 0 aromatic rings. The largest absolute Gasteiger partial charge is 0.538 e. The van der Waals surface area contributed by atoms with Crippen LogP contribution in [0.25, 0.3) is 0 Å². The first-order valence-corrected chi connectivity index (χ1v) is 7.69. The van der Waals surface area contributed by atoms with Crippen molar-refractivity contribution in [1.29, 1.82) is 0 Å². The summed E-state index contributed by atoms with van der Waals surface area (Å²) in [5.74, 6) is -5.86. The molecule has 2 unspecified atom stereocenters. The summed E-state index contributed by atoms with van der Waals surface area (Å²) in [6.07, 6.45) is -3.02. The molecule has 0 amide bonds. The first-order chi connectivity index (χ1) is 9.17. The fraction of sp³-hybridized carbons (Fsp3) is 0.500. The van der Waals surface area contributed by atoms with Crippen molar-refractivity contribution in [3.8, 4) is 0 Å². The van der Waals surface area contributed by atoms with E-state index in [1.807, 2.05) is 0 Å². The summed E-state index contributed by atoms with van der Waals surface area (Å²) in [5, 5.41) is 26.4. The average Bonchev–Trinajstić information content (AvgIpc) is 2.08. The van der Waals surface area contributed by atoms with Gasteiger partial charge in [-0.25, -0.2) is 13.9 Å². The zero-order valence-corrected chi connectivity index (χ0v) is 13.1. The smallest absolute Gasteiger partial charge is 0.481 e. The van der Waals surface area contributed by atoms with Crippen LogP contribution >= 0.6 is 15.6 Å². The number of hydrogen-bond donors (Lipinski definition) is 6. The Kier molecular flexibility index (Phi) is 8.70. The van der Waals surface area contributed by atoms with E-state index in [-0.39, 0.29) is 17.1 Å². The molecule has 22 heavy (non-hydrogen) atoms. The van der Waals surface area contributed by atoms with Crippen LogP contribution in [0.3, 0.4) is 0 Å². The molecule has 0 heterocycles. The molecule has 0 saturated heterocycles. The number of phosphoric acid groups is 2. The minimum Gasteiger partial charge on any atom is -0.481 e. The van der Waals surface area contributed by atoms with Crippen molar-refractivity contribution in [3.63, 3.8) is 0 Å². The van der Waals surface area contributed by atoms with E-state index < -0.39 is 52.0 Å². The number of hydrogen-bond acceptors (Lipinski definition) is 8. The summed E-state index contributed by atoms with van der Waals surface area (Å²) in [5.41, 5.74) is -3.15. The van der Waals surface area contributed by atoms with Crippen molar-refractivity contribution in [2.45, 2.75) is 18.4 Å². The van der Waals surface area contributed by atoms with Crippen LogP contribution < -0.4 is 0 Å². The van der Waals surface area contributed by atoms with Gasteiger partial charge < -0.3 is 29.6 Å². The predicted molar refractivity (Wildman–Crippen MR) is 58.5 cm³/mol. The summed E-state index contributed by atoms with van der Waals surface area (Å²) >= 11 is 0. The maximum atomic E-state index is 11.1. The second kappa shape index (κ2) is 8.16. The Bertz CT molecular complexity index is 539. The van der Waals surface area contributed by atoms with Crippen molar-refractivity contribution >= 4 is 33.6 Å². The van der Waals surface area contributed by atoms with Crippen LogP contribution in [0.5, 0.6) is 0 Å². The van der Waals surface area contributed by atoms with E-state index in [0.717, 1.165) is 0 Å². The fourth-order valence-electron chi connectivity index (χ4n) is 1.01. The summed E-state index contributed by atoms with van der Waals surface area (Å²) < 4.78 is 28.1. The number of carbonyl (C=O) groups is 3. The molecular formula is C6H10FeO13P2. The molecule has 0 aromatic carbocycles. The van der Waals surface area contributed by atoms with E-state index in [9.17, 15) is 28.6 Å². The van der Waals surface area contributed by atoms with Gasteiger partial charge in [0.15, 0.2) is 5.60 Å².